The molecule has 2 amide bonds. The summed E-state index contributed by atoms with van der Waals surface area (Å²) in [4.78, 5) is 14.5. The molecule has 1 saturated heterocycles. The standard InChI is InChI=1S/C21H32FN3O3S/c1-14(2)17-12-16(22)13-18(15(3)4)19(17)23-20(26)24-29(27,28)11-9-21(5)8-7-10-25(21)6/h9,11-15H,7-8,10H2,1-6H3,(H2,23,24,26)/b11-9+. The first kappa shape index (κ1) is 23.3. The Kier molecular flexibility index (Phi) is 7.11. The van der Waals surface area contributed by atoms with Gasteiger partial charge in [-0.25, -0.2) is 22.3 Å². The summed E-state index contributed by atoms with van der Waals surface area (Å²) in [5.41, 5.74) is 1.35. The van der Waals surface area contributed by atoms with Crippen LogP contribution in [0, 0.1) is 5.82 Å². The molecule has 0 saturated carbocycles. The number of urea groups is 1. The average molecular weight is 426 g/mol. The van der Waals surface area contributed by atoms with E-state index < -0.39 is 16.1 Å². The number of carbonyl (C=O) groups is 1. The van der Waals surface area contributed by atoms with E-state index in [0.29, 0.717) is 16.8 Å². The van der Waals surface area contributed by atoms with Gasteiger partial charge in [0.15, 0.2) is 0 Å². The second-order valence-corrected chi connectivity index (χ2v) is 10.1. The minimum absolute atomic E-state index is 0.0483. The molecule has 0 aliphatic carbocycles. The van der Waals surface area contributed by atoms with Gasteiger partial charge in [0.1, 0.15) is 5.82 Å². The highest BCUT2D eigenvalue weighted by molar-refractivity contribution is 7.92. The Morgan fingerprint density at radius 2 is 1.76 bits per heavy atom. The van der Waals surface area contributed by atoms with Crippen LogP contribution in [0.3, 0.4) is 0 Å². The summed E-state index contributed by atoms with van der Waals surface area (Å²) in [6.07, 6.45) is 3.46. The number of nitrogens with zero attached hydrogens (tertiary/aromatic N) is 1. The predicted molar refractivity (Wildman–Crippen MR) is 115 cm³/mol. The van der Waals surface area contributed by atoms with E-state index in [1.54, 1.807) is 6.08 Å². The Balaban J connectivity index is 2.22. The van der Waals surface area contributed by atoms with Gasteiger partial charge in [-0.1, -0.05) is 33.8 Å². The summed E-state index contributed by atoms with van der Waals surface area (Å²) in [5.74, 6) is -0.478. The van der Waals surface area contributed by atoms with E-state index in [9.17, 15) is 17.6 Å². The molecule has 1 unspecified atom stereocenters. The number of sulfonamides is 1. The Morgan fingerprint density at radius 1 is 1.21 bits per heavy atom. The number of anilines is 1. The zero-order chi connectivity index (χ0) is 22.0. The molecule has 2 N–H and O–H groups in total. The molecule has 162 valence electrons. The maximum atomic E-state index is 14.0. The lowest BCUT2D eigenvalue weighted by atomic mass is 9.92. The fourth-order valence-corrected chi connectivity index (χ4v) is 4.42. The Morgan fingerprint density at radius 3 is 2.21 bits per heavy atom. The van der Waals surface area contributed by atoms with Crippen LogP contribution in [0.15, 0.2) is 23.6 Å². The van der Waals surface area contributed by atoms with Crippen molar-refractivity contribution in [1.29, 1.82) is 0 Å². The minimum Gasteiger partial charge on any atom is -0.307 e. The van der Waals surface area contributed by atoms with E-state index in [2.05, 4.69) is 10.2 Å². The monoisotopic (exact) mass is 425 g/mol. The number of amides is 2. The van der Waals surface area contributed by atoms with Crippen LogP contribution in [0.2, 0.25) is 0 Å². The number of hydrogen-bond donors (Lipinski definition) is 2. The first-order valence-electron chi connectivity index (χ1n) is 9.92. The van der Waals surface area contributed by atoms with Crippen molar-refractivity contribution in [2.24, 2.45) is 0 Å². The van der Waals surface area contributed by atoms with Crippen molar-refractivity contribution in [1.82, 2.24) is 9.62 Å². The molecule has 1 aliphatic rings. The molecule has 1 atom stereocenters. The summed E-state index contributed by atoms with van der Waals surface area (Å²) in [6.45, 7) is 10.4. The maximum absolute atomic E-state index is 14.0. The summed E-state index contributed by atoms with van der Waals surface area (Å²) >= 11 is 0. The first-order chi connectivity index (χ1) is 13.3. The number of carbonyl (C=O) groups excluding carboxylic acids is 1. The van der Waals surface area contributed by atoms with Gasteiger partial charge >= 0.3 is 6.03 Å². The molecule has 0 radical (unpaired) electrons. The minimum atomic E-state index is -3.97. The predicted octanol–water partition coefficient (Wildman–Crippen LogP) is 4.52. The van der Waals surface area contributed by atoms with E-state index in [0.717, 1.165) is 24.8 Å². The molecule has 8 heteroatoms. The molecule has 0 spiro atoms. The number of likely N-dealkylation sites (N-methyl/N-ethyl adjacent to an activating group) is 1. The molecular formula is C21H32FN3O3S. The Labute approximate surface area is 173 Å². The molecule has 1 fully saturated rings. The van der Waals surface area contributed by atoms with Crippen LogP contribution in [-0.2, 0) is 10.0 Å². The van der Waals surface area contributed by atoms with Gasteiger partial charge < -0.3 is 5.32 Å². The second-order valence-electron chi connectivity index (χ2n) is 8.55. The number of rotatable bonds is 6. The zero-order valence-corrected chi connectivity index (χ0v) is 18.9. The molecule has 29 heavy (non-hydrogen) atoms. The van der Waals surface area contributed by atoms with Crippen molar-refractivity contribution in [2.75, 3.05) is 18.9 Å². The lowest BCUT2D eigenvalue weighted by molar-refractivity contribution is 0.251. The summed E-state index contributed by atoms with van der Waals surface area (Å²) in [5, 5.41) is 3.68. The van der Waals surface area contributed by atoms with Crippen LogP contribution in [0.5, 0.6) is 0 Å². The Bertz CT molecular complexity index is 867. The summed E-state index contributed by atoms with van der Waals surface area (Å²) in [6, 6.07) is 1.88. The third kappa shape index (κ3) is 5.79. The van der Waals surface area contributed by atoms with E-state index in [1.165, 1.54) is 12.1 Å². The average Bonchev–Trinajstić information content (AvgIpc) is 2.93. The largest absolute Gasteiger partial charge is 0.333 e. The third-order valence-corrected chi connectivity index (χ3v) is 6.50. The van der Waals surface area contributed by atoms with Gasteiger partial charge in [-0.05, 0) is 68.5 Å². The van der Waals surface area contributed by atoms with Gasteiger partial charge in [0.05, 0.1) is 0 Å². The number of likely N-dealkylation sites (tertiary alicyclic amines) is 1. The summed E-state index contributed by atoms with van der Waals surface area (Å²) in [7, 11) is -2.02. The van der Waals surface area contributed by atoms with Crippen LogP contribution in [0.4, 0.5) is 14.9 Å². The van der Waals surface area contributed by atoms with Crippen molar-refractivity contribution in [3.8, 4) is 0 Å². The number of hydrogen-bond acceptors (Lipinski definition) is 4. The zero-order valence-electron chi connectivity index (χ0n) is 18.0. The highest BCUT2D eigenvalue weighted by atomic mass is 32.2. The van der Waals surface area contributed by atoms with Crippen LogP contribution in [0.25, 0.3) is 0 Å². The van der Waals surface area contributed by atoms with Crippen LogP contribution < -0.4 is 10.0 Å². The van der Waals surface area contributed by atoms with Crippen molar-refractivity contribution in [3.63, 3.8) is 0 Å². The van der Waals surface area contributed by atoms with Crippen molar-refractivity contribution in [3.05, 3.63) is 40.6 Å². The number of nitrogens with one attached hydrogen (secondary N) is 2. The molecule has 1 aliphatic heterocycles. The smallest absolute Gasteiger partial charge is 0.307 e. The molecule has 6 nitrogen and oxygen atoms in total. The lowest BCUT2D eigenvalue weighted by Gasteiger charge is -2.28. The number of halogens is 1. The van der Waals surface area contributed by atoms with Gasteiger partial charge in [0.25, 0.3) is 10.0 Å². The molecule has 2 rings (SSSR count). The third-order valence-electron chi connectivity index (χ3n) is 5.54. The lowest BCUT2D eigenvalue weighted by Crippen LogP contribution is -2.37. The fraction of sp³-hybridized carbons (Fsp3) is 0.571. The number of benzene rings is 1. The van der Waals surface area contributed by atoms with Crippen molar-refractivity contribution < 1.29 is 17.6 Å². The van der Waals surface area contributed by atoms with Crippen molar-refractivity contribution in [2.45, 2.75) is 64.8 Å². The van der Waals surface area contributed by atoms with E-state index in [4.69, 9.17) is 0 Å². The SMILES string of the molecule is CC(C)c1cc(F)cc(C(C)C)c1NC(=O)NS(=O)(=O)/C=C/C1(C)CCCN1C. The molecule has 1 aromatic carbocycles. The normalized spacial score (nSPS) is 20.7. The van der Waals surface area contributed by atoms with E-state index in [1.807, 2.05) is 46.4 Å². The molecule has 1 aromatic rings. The van der Waals surface area contributed by atoms with Crippen molar-refractivity contribution >= 4 is 21.7 Å². The molecule has 0 bridgehead atoms. The van der Waals surface area contributed by atoms with E-state index in [-0.39, 0.29) is 23.2 Å². The first-order valence-corrected chi connectivity index (χ1v) is 11.5. The quantitative estimate of drug-likeness (QED) is 0.702. The van der Waals surface area contributed by atoms with Gasteiger partial charge in [-0.3, -0.25) is 4.90 Å². The second kappa shape index (κ2) is 8.83. The van der Waals surface area contributed by atoms with Gasteiger partial charge in [0.2, 0.25) is 0 Å². The van der Waals surface area contributed by atoms with Crippen LogP contribution >= 0.6 is 0 Å². The Hall–Kier alpha value is -1.93. The molecule has 0 aromatic heterocycles. The van der Waals surface area contributed by atoms with Gasteiger partial charge in [-0.2, -0.15) is 0 Å². The highest BCUT2D eigenvalue weighted by Crippen LogP contribution is 2.33. The van der Waals surface area contributed by atoms with Crippen LogP contribution in [-0.4, -0.2) is 38.5 Å². The van der Waals surface area contributed by atoms with Gasteiger partial charge in [0, 0.05) is 16.6 Å². The summed E-state index contributed by atoms with van der Waals surface area (Å²) < 4.78 is 40.8. The topological polar surface area (TPSA) is 78.5 Å². The van der Waals surface area contributed by atoms with E-state index >= 15 is 0 Å². The molecule has 1 heterocycles. The maximum Gasteiger partial charge on any atom is 0.333 e. The van der Waals surface area contributed by atoms with Crippen LogP contribution in [0.1, 0.15) is 70.4 Å². The van der Waals surface area contributed by atoms with Gasteiger partial charge in [-0.15, -0.1) is 0 Å². The molecular weight excluding hydrogens is 393 g/mol. The highest BCUT2D eigenvalue weighted by Gasteiger charge is 2.31. The fourth-order valence-electron chi connectivity index (χ4n) is 3.57.